The average molecular weight is 233 g/mol. The van der Waals surface area contributed by atoms with Crippen LogP contribution in [0.3, 0.4) is 0 Å². The quantitative estimate of drug-likeness (QED) is 0.789. The van der Waals surface area contributed by atoms with Crippen molar-refractivity contribution >= 4 is 17.5 Å². The van der Waals surface area contributed by atoms with Gasteiger partial charge in [-0.05, 0) is 18.6 Å². The lowest BCUT2D eigenvalue weighted by atomic mass is 10.2. The third-order valence-electron chi connectivity index (χ3n) is 2.69. The third kappa shape index (κ3) is 2.43. The van der Waals surface area contributed by atoms with E-state index >= 15 is 0 Å². The van der Waals surface area contributed by atoms with Crippen LogP contribution in [0.1, 0.15) is 19.8 Å². The van der Waals surface area contributed by atoms with Crippen molar-refractivity contribution in [3.63, 3.8) is 0 Å². The van der Waals surface area contributed by atoms with Crippen molar-refractivity contribution in [2.45, 2.75) is 25.8 Å². The first-order valence-corrected chi connectivity index (χ1v) is 5.73. The minimum absolute atomic E-state index is 0.0989. The van der Waals surface area contributed by atoms with Crippen LogP contribution in [-0.2, 0) is 9.59 Å². The van der Waals surface area contributed by atoms with Crippen LogP contribution in [0.25, 0.3) is 0 Å². The molecule has 2 heterocycles. The zero-order valence-corrected chi connectivity index (χ0v) is 9.72. The van der Waals surface area contributed by atoms with E-state index in [1.54, 1.807) is 18.5 Å². The molecule has 1 N–H and O–H groups in total. The first kappa shape index (κ1) is 11.6. The molecule has 0 aliphatic carbocycles. The fourth-order valence-corrected chi connectivity index (χ4v) is 1.90. The van der Waals surface area contributed by atoms with Gasteiger partial charge in [-0.3, -0.25) is 19.5 Å². The molecule has 1 atom stereocenters. The normalized spacial score (nSPS) is 19.8. The van der Waals surface area contributed by atoms with Gasteiger partial charge < -0.3 is 5.32 Å². The smallest absolute Gasteiger partial charge is 0.252 e. The summed E-state index contributed by atoms with van der Waals surface area (Å²) in [6, 6.07) is 3.17. The lowest BCUT2D eigenvalue weighted by Crippen LogP contribution is -2.35. The number of carbonyl (C=O) groups excluding carboxylic acids is 2. The van der Waals surface area contributed by atoms with Gasteiger partial charge in [0, 0.05) is 18.9 Å². The number of hydrogen-bond acceptors (Lipinski definition) is 4. The third-order valence-corrected chi connectivity index (χ3v) is 2.69. The highest BCUT2D eigenvalue weighted by molar-refractivity contribution is 6.06. The Balaban J connectivity index is 2.04. The van der Waals surface area contributed by atoms with Crippen molar-refractivity contribution in [1.82, 2.24) is 9.88 Å². The summed E-state index contributed by atoms with van der Waals surface area (Å²) in [5.74, 6) is -0.237. The second kappa shape index (κ2) is 4.95. The highest BCUT2D eigenvalue weighted by Crippen LogP contribution is 2.17. The van der Waals surface area contributed by atoms with Crippen molar-refractivity contribution < 1.29 is 9.59 Å². The molecule has 0 spiro atoms. The zero-order valence-electron chi connectivity index (χ0n) is 9.72. The van der Waals surface area contributed by atoms with E-state index < -0.39 is 6.04 Å². The van der Waals surface area contributed by atoms with E-state index in [0.717, 1.165) is 12.1 Å². The molecule has 17 heavy (non-hydrogen) atoms. The number of anilines is 1. The second-order valence-electron chi connectivity index (χ2n) is 4.03. The Hall–Kier alpha value is -1.91. The summed E-state index contributed by atoms with van der Waals surface area (Å²) in [7, 11) is 0. The van der Waals surface area contributed by atoms with Crippen LogP contribution in [0.2, 0.25) is 0 Å². The van der Waals surface area contributed by atoms with Crippen molar-refractivity contribution in [3.05, 3.63) is 24.5 Å². The molecule has 2 amide bonds. The largest absolute Gasteiger partial charge is 0.372 e. The highest BCUT2D eigenvalue weighted by atomic mass is 16.2. The molecular weight excluding hydrogens is 218 g/mol. The summed E-state index contributed by atoms with van der Waals surface area (Å²) in [5, 5.41) is 3.03. The molecule has 0 bridgehead atoms. The summed E-state index contributed by atoms with van der Waals surface area (Å²) in [6.45, 7) is 2.45. The highest BCUT2D eigenvalue weighted by Gasteiger charge is 2.37. The van der Waals surface area contributed by atoms with Gasteiger partial charge in [-0.1, -0.05) is 6.92 Å². The maximum atomic E-state index is 11.9. The molecule has 1 aromatic rings. The number of pyridine rings is 1. The molecule has 0 radical (unpaired) electrons. The monoisotopic (exact) mass is 233 g/mol. The van der Waals surface area contributed by atoms with E-state index in [9.17, 15) is 9.59 Å². The standard InChI is InChI=1S/C12H15N3O2/c1-2-6-15-11(16)7-10(12(15)17)14-9-4-3-5-13-8-9/h3-5,8,10,14H,2,6-7H2,1H3. The van der Waals surface area contributed by atoms with E-state index in [0.29, 0.717) is 6.54 Å². The Morgan fingerprint density at radius 2 is 2.35 bits per heavy atom. The molecule has 1 aliphatic rings. The molecule has 1 aromatic heterocycles. The minimum atomic E-state index is -0.446. The topological polar surface area (TPSA) is 62.3 Å². The molecule has 1 aliphatic heterocycles. The summed E-state index contributed by atoms with van der Waals surface area (Å²) < 4.78 is 0. The Kier molecular flexibility index (Phi) is 3.37. The van der Waals surface area contributed by atoms with Gasteiger partial charge in [0.25, 0.3) is 5.91 Å². The number of nitrogens with one attached hydrogen (secondary N) is 1. The fourth-order valence-electron chi connectivity index (χ4n) is 1.90. The Morgan fingerprint density at radius 1 is 1.53 bits per heavy atom. The van der Waals surface area contributed by atoms with Crippen LogP contribution >= 0.6 is 0 Å². The van der Waals surface area contributed by atoms with Gasteiger partial charge in [-0.15, -0.1) is 0 Å². The molecule has 5 nitrogen and oxygen atoms in total. The van der Waals surface area contributed by atoms with Crippen LogP contribution in [0, 0.1) is 0 Å². The van der Waals surface area contributed by atoms with Gasteiger partial charge in [0.2, 0.25) is 5.91 Å². The number of amides is 2. The number of hydrogen-bond donors (Lipinski definition) is 1. The van der Waals surface area contributed by atoms with Crippen LogP contribution in [0.5, 0.6) is 0 Å². The van der Waals surface area contributed by atoms with Crippen LogP contribution < -0.4 is 5.32 Å². The average Bonchev–Trinajstić information content (AvgIpc) is 2.59. The predicted molar refractivity (Wildman–Crippen MR) is 63.3 cm³/mol. The van der Waals surface area contributed by atoms with Crippen LogP contribution in [0.15, 0.2) is 24.5 Å². The molecule has 1 fully saturated rings. The summed E-state index contributed by atoms with van der Waals surface area (Å²) in [5.41, 5.74) is 0.761. The zero-order chi connectivity index (χ0) is 12.3. The van der Waals surface area contributed by atoms with Gasteiger partial charge in [0.15, 0.2) is 0 Å². The lowest BCUT2D eigenvalue weighted by molar-refractivity contribution is -0.138. The number of nitrogens with zero attached hydrogens (tertiary/aromatic N) is 2. The van der Waals surface area contributed by atoms with Gasteiger partial charge in [-0.25, -0.2) is 0 Å². The Labute approximate surface area is 99.8 Å². The number of aromatic nitrogens is 1. The van der Waals surface area contributed by atoms with Crippen molar-refractivity contribution in [1.29, 1.82) is 0 Å². The Bertz CT molecular complexity index is 419. The van der Waals surface area contributed by atoms with E-state index in [4.69, 9.17) is 0 Å². The van der Waals surface area contributed by atoms with Crippen LogP contribution in [-0.4, -0.2) is 34.3 Å². The number of carbonyl (C=O) groups is 2. The molecule has 2 rings (SSSR count). The summed E-state index contributed by atoms with van der Waals surface area (Å²) in [6.07, 6.45) is 4.32. The first-order chi connectivity index (χ1) is 8.22. The number of rotatable bonds is 4. The molecule has 0 saturated carbocycles. The van der Waals surface area contributed by atoms with Crippen molar-refractivity contribution in [2.24, 2.45) is 0 Å². The van der Waals surface area contributed by atoms with Gasteiger partial charge in [-0.2, -0.15) is 0 Å². The van der Waals surface area contributed by atoms with E-state index in [2.05, 4.69) is 10.3 Å². The van der Waals surface area contributed by atoms with Gasteiger partial charge in [0.05, 0.1) is 12.1 Å². The molecular formula is C12H15N3O2. The number of imide groups is 1. The molecule has 1 unspecified atom stereocenters. The minimum Gasteiger partial charge on any atom is -0.372 e. The second-order valence-corrected chi connectivity index (χ2v) is 4.03. The Morgan fingerprint density at radius 3 is 3.00 bits per heavy atom. The maximum absolute atomic E-state index is 11.9. The number of likely N-dealkylation sites (tertiary alicyclic amines) is 1. The van der Waals surface area contributed by atoms with Crippen molar-refractivity contribution in [3.8, 4) is 0 Å². The predicted octanol–water partition coefficient (Wildman–Crippen LogP) is 1.03. The SMILES string of the molecule is CCCN1C(=O)CC(Nc2cccnc2)C1=O. The fraction of sp³-hybridized carbons (Fsp3) is 0.417. The summed E-state index contributed by atoms with van der Waals surface area (Å²) in [4.78, 5) is 28.8. The van der Waals surface area contributed by atoms with E-state index in [1.807, 2.05) is 13.0 Å². The first-order valence-electron chi connectivity index (χ1n) is 5.73. The van der Waals surface area contributed by atoms with Gasteiger partial charge >= 0.3 is 0 Å². The lowest BCUT2D eigenvalue weighted by Gasteiger charge is -2.14. The molecule has 1 saturated heterocycles. The van der Waals surface area contributed by atoms with Gasteiger partial charge in [0.1, 0.15) is 6.04 Å². The molecule has 90 valence electrons. The summed E-state index contributed by atoms with van der Waals surface area (Å²) >= 11 is 0. The van der Waals surface area contributed by atoms with Crippen molar-refractivity contribution in [2.75, 3.05) is 11.9 Å². The van der Waals surface area contributed by atoms with Crippen LogP contribution in [0.4, 0.5) is 5.69 Å². The van der Waals surface area contributed by atoms with E-state index in [-0.39, 0.29) is 18.2 Å². The molecule has 0 aromatic carbocycles. The van der Waals surface area contributed by atoms with E-state index in [1.165, 1.54) is 4.90 Å². The molecule has 5 heteroatoms. The maximum Gasteiger partial charge on any atom is 0.252 e.